The third kappa shape index (κ3) is 28.4. The molecular weight excluding hydrogens is 1290 g/mol. The highest BCUT2D eigenvalue weighted by Gasteiger charge is 2.36. The summed E-state index contributed by atoms with van der Waals surface area (Å²) in [5.74, 6) is -1.03. The SMILES string of the molecule is CCN1CCN(CC)CCN(CC(=O)N[C@@H](CCC(=O)NC[C@H](O)[C@H](O)[C@H](O)[C@H](O)CO)[C@@H](O)N[C@@H](CC[C@@H](O)NC[C@@H](O)[C@H](O)[C@@H](O)[C@H](O)CO)[C@@H](O)NCCCCCCN2Cc3cc([C@@H](O)N(C)Cc4nc5ccccc5[nH]4)ccc3NC(CC(=O)OC)[C@H]2O)CCN(CC)CC1. The molecule has 2 amide bonds. The largest absolute Gasteiger partial charge is 0.469 e. The number of rotatable bonds is 43. The number of nitrogens with one attached hydrogen (secondary N) is 7. The number of aromatic amines is 1. The fourth-order valence-electron chi connectivity index (χ4n) is 12.1. The minimum Gasteiger partial charge on any atom is -0.469 e. The number of benzene rings is 2. The maximum atomic E-state index is 14.3. The minimum atomic E-state index is -1.96. The van der Waals surface area contributed by atoms with Crippen LogP contribution in [0.1, 0.15) is 102 Å². The van der Waals surface area contributed by atoms with Crippen molar-refractivity contribution in [2.75, 3.05) is 137 Å². The molecule has 33 nitrogen and oxygen atoms in total. The minimum absolute atomic E-state index is 0.0875. The smallest absolute Gasteiger partial charge is 0.307 e. The third-order valence-corrected chi connectivity index (χ3v) is 18.8. The number of aliphatic hydroxyl groups is 15. The van der Waals surface area contributed by atoms with Gasteiger partial charge in [-0.05, 0) is 101 Å². The molecule has 3 aromatic rings. The topological polar surface area (TPSA) is 484 Å². The van der Waals surface area contributed by atoms with E-state index in [2.05, 4.69) is 77.3 Å². The second-order valence-corrected chi connectivity index (χ2v) is 26.0. The number of methoxy groups -OCH3 is 1. The van der Waals surface area contributed by atoms with E-state index in [0.29, 0.717) is 82.0 Å². The number of nitrogens with zero attached hydrogens (tertiary/aromatic N) is 7. The molecule has 2 aromatic carbocycles. The molecular formula is C66H118N14O19. The number of hydrogen-bond acceptors (Lipinski definition) is 30. The molecule has 0 radical (unpaired) electrons. The zero-order valence-electron chi connectivity index (χ0n) is 58.3. The lowest BCUT2D eigenvalue weighted by Crippen LogP contribution is -2.59. The Morgan fingerprint density at radius 2 is 1.24 bits per heavy atom. The van der Waals surface area contributed by atoms with Crippen molar-refractivity contribution in [2.24, 2.45) is 0 Å². The van der Waals surface area contributed by atoms with Crippen molar-refractivity contribution >= 4 is 34.5 Å². The van der Waals surface area contributed by atoms with Gasteiger partial charge in [-0.15, -0.1) is 0 Å². The molecule has 1 fully saturated rings. The highest BCUT2D eigenvalue weighted by molar-refractivity contribution is 5.79. The number of para-hydroxylation sites is 2. The van der Waals surface area contributed by atoms with E-state index in [0.717, 1.165) is 62.4 Å². The molecule has 3 heterocycles. The summed E-state index contributed by atoms with van der Waals surface area (Å²) in [6.07, 6.45) is -20.1. The molecule has 2 aliphatic rings. The van der Waals surface area contributed by atoms with Crippen LogP contribution in [0.3, 0.4) is 0 Å². The fourth-order valence-corrected chi connectivity index (χ4v) is 12.1. The molecule has 5 rings (SSSR count). The van der Waals surface area contributed by atoms with Crippen molar-refractivity contribution in [1.82, 2.24) is 66.0 Å². The van der Waals surface area contributed by atoms with Gasteiger partial charge in [0.2, 0.25) is 11.8 Å². The van der Waals surface area contributed by atoms with Gasteiger partial charge in [-0.3, -0.25) is 45.0 Å². The first-order valence-electron chi connectivity index (χ1n) is 34.9. The number of likely N-dealkylation sites (N-methyl/N-ethyl adjacent to an activating group) is 3. The molecule has 566 valence electrons. The summed E-state index contributed by atoms with van der Waals surface area (Å²) in [4.78, 5) is 61.0. The Labute approximate surface area is 580 Å². The molecule has 33 heteroatoms. The summed E-state index contributed by atoms with van der Waals surface area (Å²) in [6.45, 7) is 13.0. The number of anilines is 1. The van der Waals surface area contributed by atoms with Gasteiger partial charge in [0.15, 0.2) is 0 Å². The molecule has 2 aliphatic heterocycles. The van der Waals surface area contributed by atoms with Crippen LogP contribution in [-0.2, 0) is 32.2 Å². The van der Waals surface area contributed by atoms with Crippen LogP contribution in [0.4, 0.5) is 5.69 Å². The lowest BCUT2D eigenvalue weighted by molar-refractivity contribution is -0.142. The first-order chi connectivity index (χ1) is 47.3. The monoisotopic (exact) mass is 1410 g/mol. The Hall–Kier alpha value is -4.84. The zero-order chi connectivity index (χ0) is 72.7. The van der Waals surface area contributed by atoms with E-state index >= 15 is 0 Å². The predicted molar refractivity (Wildman–Crippen MR) is 367 cm³/mol. The van der Waals surface area contributed by atoms with Gasteiger partial charge >= 0.3 is 5.97 Å². The molecule has 0 spiro atoms. The Bertz CT molecular complexity index is 2720. The first kappa shape index (κ1) is 84.8. The number of aromatic nitrogens is 2. The van der Waals surface area contributed by atoms with Crippen LogP contribution in [0, 0.1) is 0 Å². The number of aliphatic hydroxyl groups excluding tert-OH is 15. The van der Waals surface area contributed by atoms with Gasteiger partial charge in [0.05, 0.1) is 75.2 Å². The average Bonchev–Trinajstić information content (AvgIpc) is 1.69. The maximum Gasteiger partial charge on any atom is 0.307 e. The van der Waals surface area contributed by atoms with Crippen LogP contribution < -0.4 is 31.9 Å². The van der Waals surface area contributed by atoms with E-state index in [-0.39, 0.29) is 51.7 Å². The molecule has 0 aliphatic carbocycles. The summed E-state index contributed by atoms with van der Waals surface area (Å²) < 4.78 is 4.98. The van der Waals surface area contributed by atoms with Crippen LogP contribution in [-0.4, -0.2) is 358 Å². The summed E-state index contributed by atoms with van der Waals surface area (Å²) in [5.41, 5.74) is 3.77. The number of H-pyrrole nitrogens is 1. The van der Waals surface area contributed by atoms with Gasteiger partial charge in [0.1, 0.15) is 73.6 Å². The van der Waals surface area contributed by atoms with Crippen molar-refractivity contribution in [3.8, 4) is 0 Å². The van der Waals surface area contributed by atoms with E-state index in [4.69, 9.17) is 4.74 Å². The fraction of sp³-hybridized carbons (Fsp3) is 0.758. The summed E-state index contributed by atoms with van der Waals surface area (Å²) in [7, 11) is 3.06. The van der Waals surface area contributed by atoms with Gasteiger partial charge in [-0.2, -0.15) is 0 Å². The highest BCUT2D eigenvalue weighted by atomic mass is 16.5. The van der Waals surface area contributed by atoms with E-state index < -0.39 is 142 Å². The van der Waals surface area contributed by atoms with Crippen molar-refractivity contribution in [1.29, 1.82) is 0 Å². The Kier molecular flexibility index (Phi) is 38.2. The van der Waals surface area contributed by atoms with Gasteiger partial charge in [-0.1, -0.05) is 51.8 Å². The average molecular weight is 1410 g/mol. The van der Waals surface area contributed by atoms with Crippen molar-refractivity contribution in [3.63, 3.8) is 0 Å². The number of hydrogen-bond donors (Lipinski definition) is 22. The lowest BCUT2D eigenvalue weighted by atomic mass is 10.0. The molecule has 1 saturated heterocycles. The molecule has 1 unspecified atom stereocenters. The number of esters is 1. The Balaban J connectivity index is 1.29. The van der Waals surface area contributed by atoms with Crippen molar-refractivity contribution < 1.29 is 95.7 Å². The quantitative estimate of drug-likeness (QED) is 0.0143. The summed E-state index contributed by atoms with van der Waals surface area (Å²) >= 11 is 0. The van der Waals surface area contributed by atoms with E-state index in [1.54, 1.807) is 18.0 Å². The first-order valence-corrected chi connectivity index (χ1v) is 34.9. The number of amides is 2. The van der Waals surface area contributed by atoms with Crippen LogP contribution in [0.25, 0.3) is 11.0 Å². The van der Waals surface area contributed by atoms with Gasteiger partial charge < -0.3 is 117 Å². The molecule has 99 heavy (non-hydrogen) atoms. The lowest BCUT2D eigenvalue weighted by Gasteiger charge is -2.34. The van der Waals surface area contributed by atoms with Crippen LogP contribution in [0.15, 0.2) is 42.5 Å². The second-order valence-electron chi connectivity index (χ2n) is 26.0. The number of unbranched alkanes of at least 4 members (excludes halogenated alkanes) is 3. The van der Waals surface area contributed by atoms with Gasteiger partial charge in [-0.25, -0.2) is 4.98 Å². The zero-order valence-corrected chi connectivity index (χ0v) is 58.3. The molecule has 0 saturated carbocycles. The second kappa shape index (κ2) is 44.6. The van der Waals surface area contributed by atoms with E-state index in [9.17, 15) is 91.0 Å². The summed E-state index contributed by atoms with van der Waals surface area (Å²) in [6, 6.07) is 10.1. The van der Waals surface area contributed by atoms with Crippen molar-refractivity contribution in [3.05, 3.63) is 59.4 Å². The van der Waals surface area contributed by atoms with Gasteiger partial charge in [0, 0.05) is 96.7 Å². The number of imidazole rings is 1. The molecule has 16 atom stereocenters. The molecule has 0 bridgehead atoms. The van der Waals surface area contributed by atoms with E-state index in [1.807, 2.05) is 46.2 Å². The number of fused-ring (bicyclic) bond motifs is 2. The van der Waals surface area contributed by atoms with E-state index in [1.165, 1.54) is 7.11 Å². The number of carbonyl (C=O) groups is 3. The summed E-state index contributed by atoms with van der Waals surface area (Å²) in [5, 5.41) is 176. The van der Waals surface area contributed by atoms with Crippen LogP contribution >= 0.6 is 0 Å². The maximum absolute atomic E-state index is 14.3. The molecule has 22 N–H and O–H groups in total. The Morgan fingerprint density at radius 1 is 0.667 bits per heavy atom. The number of ether oxygens (including phenoxy) is 1. The molecule has 1 aromatic heterocycles. The van der Waals surface area contributed by atoms with Gasteiger partial charge in [0.25, 0.3) is 0 Å². The Morgan fingerprint density at radius 3 is 1.83 bits per heavy atom. The third-order valence-electron chi connectivity index (χ3n) is 18.8. The predicted octanol–water partition coefficient (Wildman–Crippen LogP) is -5.87. The standard InChI is InChI=1S/C66H118N14O19/c1-6-76-25-27-77(7-2)29-31-79(32-30-78(8-3)28-26-76)39-57(89)73-48(20-22-56(88)69-36-51(84)60(92)62(94)53(86)41-82)64(96)74-47(19-21-55(87)68-35-50(83)59(91)61(93)52(85)40-81)63(95)67-23-13-9-10-14-24-80-37-43-33-42(17-18-44(43)70-49(66(80)98)34-58(90)99-5)65(97)75(4)38-54-71-45-15-11-12-16-46(45)72-54/h11-12,15-18,33,47-53,55,59-68,70,74,81-87,91-98H,6-10,13-14,19-32,34-41H2,1-5H3,(H,69,88)(H,71,72)(H,73,89)/t47-,48-,49?,50+,51-,52+,53+,55+,59-,60-,61-,62+,63+,64+,65+,66+/m0/s1. The normalized spacial score (nSPS) is 21.2. The highest BCUT2D eigenvalue weighted by Crippen LogP contribution is 2.31. The van der Waals surface area contributed by atoms with Crippen molar-refractivity contribution in [2.45, 2.75) is 190 Å². The van der Waals surface area contributed by atoms with Crippen LogP contribution in [0.5, 0.6) is 0 Å². The number of carbonyl (C=O) groups excluding carboxylic acids is 3. The van der Waals surface area contributed by atoms with Crippen LogP contribution in [0.2, 0.25) is 0 Å².